The minimum Gasteiger partial charge on any atom is -0.370 e. The van der Waals surface area contributed by atoms with Crippen molar-refractivity contribution in [1.29, 1.82) is 0 Å². The van der Waals surface area contributed by atoms with Gasteiger partial charge in [-0.15, -0.1) is 0 Å². The number of benzene rings is 1. The Kier molecular flexibility index (Phi) is 3.75. The minimum atomic E-state index is -0.0167. The molecule has 0 spiro atoms. The Morgan fingerprint density at radius 3 is 3.10 bits per heavy atom. The zero-order valence-electron chi connectivity index (χ0n) is 11.2. The van der Waals surface area contributed by atoms with E-state index in [9.17, 15) is 0 Å². The highest BCUT2D eigenvalue weighted by Crippen LogP contribution is 2.26. The van der Waals surface area contributed by atoms with Crippen molar-refractivity contribution in [3.05, 3.63) is 46.0 Å². The lowest BCUT2D eigenvalue weighted by atomic mass is 10.1. The van der Waals surface area contributed by atoms with Crippen LogP contribution in [0.5, 0.6) is 0 Å². The maximum absolute atomic E-state index is 5.65. The van der Waals surface area contributed by atoms with E-state index in [-0.39, 0.29) is 6.10 Å². The van der Waals surface area contributed by atoms with Crippen LogP contribution in [0.1, 0.15) is 35.9 Å². The zero-order valence-corrected chi connectivity index (χ0v) is 12.1. The van der Waals surface area contributed by atoms with E-state index in [1.54, 1.807) is 10.9 Å². The number of H-pyrrole nitrogens is 1. The summed E-state index contributed by atoms with van der Waals surface area (Å²) < 4.78 is 7.78. The molecule has 2 heterocycles. The Balaban J connectivity index is 1.93. The summed E-state index contributed by atoms with van der Waals surface area (Å²) in [5, 5.41) is 11.5. The van der Waals surface area contributed by atoms with Crippen LogP contribution >= 0.6 is 12.2 Å². The smallest absolute Gasteiger partial charge is 0.216 e. The molecule has 1 aromatic carbocycles. The summed E-state index contributed by atoms with van der Waals surface area (Å²) in [6.45, 7) is 2.82. The topological polar surface area (TPSA) is 55.2 Å². The average Bonchev–Trinajstić information content (AvgIpc) is 3.08. The summed E-state index contributed by atoms with van der Waals surface area (Å²) in [4.78, 5) is 0. The molecule has 20 heavy (non-hydrogen) atoms. The third-order valence-corrected chi connectivity index (χ3v) is 3.66. The van der Waals surface area contributed by atoms with Crippen LogP contribution in [-0.4, -0.2) is 27.7 Å². The molecule has 104 valence electrons. The molecule has 3 rings (SSSR count). The predicted molar refractivity (Wildman–Crippen MR) is 79.5 cm³/mol. The van der Waals surface area contributed by atoms with Gasteiger partial charge in [0, 0.05) is 6.61 Å². The van der Waals surface area contributed by atoms with E-state index in [4.69, 9.17) is 17.0 Å². The molecule has 1 unspecified atom stereocenters. The fraction of sp³-hybridized carbons (Fsp3) is 0.357. The molecule has 1 aromatic heterocycles. The Hall–Kier alpha value is -1.79. The monoisotopic (exact) mass is 288 g/mol. The summed E-state index contributed by atoms with van der Waals surface area (Å²) in [6, 6.07) is 8.07. The zero-order chi connectivity index (χ0) is 13.9. The van der Waals surface area contributed by atoms with Crippen LogP contribution in [0.4, 0.5) is 0 Å². The fourth-order valence-electron chi connectivity index (χ4n) is 2.26. The first-order valence-electron chi connectivity index (χ1n) is 6.64. The first-order chi connectivity index (χ1) is 9.75. The number of aryl methyl sites for hydroxylation is 1. The van der Waals surface area contributed by atoms with Crippen LogP contribution in [0.2, 0.25) is 0 Å². The van der Waals surface area contributed by atoms with Crippen molar-refractivity contribution in [1.82, 2.24) is 14.9 Å². The Morgan fingerprint density at radius 2 is 2.35 bits per heavy atom. The lowest BCUT2D eigenvalue weighted by Gasteiger charge is -2.07. The number of aromatic nitrogens is 3. The summed E-state index contributed by atoms with van der Waals surface area (Å²) in [7, 11) is 0. The molecule has 1 saturated heterocycles. The van der Waals surface area contributed by atoms with E-state index in [1.165, 1.54) is 5.56 Å². The summed E-state index contributed by atoms with van der Waals surface area (Å²) in [5.41, 5.74) is 2.24. The molecular formula is C14H16N4OS. The van der Waals surface area contributed by atoms with E-state index in [1.807, 2.05) is 18.2 Å². The third kappa shape index (κ3) is 2.57. The molecule has 1 fully saturated rings. The maximum atomic E-state index is 5.65. The number of hydrogen-bond acceptors (Lipinski definition) is 4. The highest BCUT2D eigenvalue weighted by Gasteiger charge is 2.23. The van der Waals surface area contributed by atoms with Crippen molar-refractivity contribution in [2.75, 3.05) is 6.61 Å². The Bertz CT molecular complexity index is 682. The number of hydrogen-bond donors (Lipinski definition) is 1. The second-order valence-corrected chi connectivity index (χ2v) is 5.19. The summed E-state index contributed by atoms with van der Waals surface area (Å²) in [6.07, 6.45) is 3.79. The van der Waals surface area contributed by atoms with Gasteiger partial charge >= 0.3 is 0 Å². The molecule has 1 aliphatic rings. The van der Waals surface area contributed by atoms with Crippen molar-refractivity contribution in [3.8, 4) is 0 Å². The standard InChI is InChI=1S/C14H16N4OS/c1-10-5-2-3-6-11(10)9-15-18-13(16-17-14(18)20)12-7-4-8-19-12/h2-3,5-6,9,12H,4,7-8H2,1H3,(H,17,20)/b15-9-. The van der Waals surface area contributed by atoms with Gasteiger partial charge in [-0.3, -0.25) is 5.10 Å². The van der Waals surface area contributed by atoms with E-state index in [2.05, 4.69) is 28.3 Å². The molecule has 5 nitrogen and oxygen atoms in total. The molecule has 0 bridgehead atoms. The van der Waals surface area contributed by atoms with Crippen LogP contribution in [0.3, 0.4) is 0 Å². The number of ether oxygens (including phenoxy) is 1. The van der Waals surface area contributed by atoms with Gasteiger partial charge in [0.25, 0.3) is 0 Å². The quantitative estimate of drug-likeness (QED) is 0.698. The van der Waals surface area contributed by atoms with Crippen LogP contribution < -0.4 is 0 Å². The highest BCUT2D eigenvalue weighted by atomic mass is 32.1. The van der Waals surface area contributed by atoms with Crippen molar-refractivity contribution in [3.63, 3.8) is 0 Å². The van der Waals surface area contributed by atoms with Crippen molar-refractivity contribution in [2.24, 2.45) is 5.10 Å². The van der Waals surface area contributed by atoms with E-state index < -0.39 is 0 Å². The van der Waals surface area contributed by atoms with Crippen LogP contribution in [-0.2, 0) is 4.74 Å². The van der Waals surface area contributed by atoms with E-state index >= 15 is 0 Å². The van der Waals surface area contributed by atoms with E-state index in [0.717, 1.165) is 30.8 Å². The molecule has 0 aliphatic carbocycles. The molecule has 0 radical (unpaired) electrons. The SMILES string of the molecule is Cc1ccccc1/C=N\n1c(C2CCCO2)n[nH]c1=S. The van der Waals surface area contributed by atoms with Gasteiger partial charge in [-0.1, -0.05) is 24.3 Å². The van der Waals surface area contributed by atoms with E-state index in [0.29, 0.717) is 4.77 Å². The van der Waals surface area contributed by atoms with Crippen molar-refractivity contribution >= 4 is 18.4 Å². The number of nitrogens with one attached hydrogen (secondary N) is 1. The van der Waals surface area contributed by atoms with Gasteiger partial charge in [0.05, 0.1) is 6.21 Å². The molecule has 2 aromatic rings. The number of rotatable bonds is 3. The second kappa shape index (κ2) is 5.68. The van der Waals surface area contributed by atoms with Crippen LogP contribution in [0.15, 0.2) is 29.4 Å². The maximum Gasteiger partial charge on any atom is 0.216 e. The van der Waals surface area contributed by atoms with Gasteiger partial charge in [0.2, 0.25) is 4.77 Å². The van der Waals surface area contributed by atoms with Crippen molar-refractivity contribution in [2.45, 2.75) is 25.9 Å². The van der Waals surface area contributed by atoms with Crippen molar-refractivity contribution < 1.29 is 4.74 Å². The van der Waals surface area contributed by atoms with Crippen LogP contribution in [0, 0.1) is 11.7 Å². The Morgan fingerprint density at radius 1 is 1.50 bits per heavy atom. The molecule has 1 N–H and O–H groups in total. The number of nitrogens with zero attached hydrogens (tertiary/aromatic N) is 3. The predicted octanol–water partition coefficient (Wildman–Crippen LogP) is 2.98. The largest absolute Gasteiger partial charge is 0.370 e. The lowest BCUT2D eigenvalue weighted by Crippen LogP contribution is -2.05. The molecule has 0 amide bonds. The first-order valence-corrected chi connectivity index (χ1v) is 7.05. The molecule has 6 heteroatoms. The normalized spacial score (nSPS) is 18.9. The lowest BCUT2D eigenvalue weighted by molar-refractivity contribution is 0.102. The second-order valence-electron chi connectivity index (χ2n) is 4.80. The van der Waals surface area contributed by atoms with Gasteiger partial charge in [-0.05, 0) is 43.1 Å². The molecule has 0 saturated carbocycles. The summed E-state index contributed by atoms with van der Waals surface area (Å²) in [5.74, 6) is 0.748. The Labute approximate surface area is 122 Å². The van der Waals surface area contributed by atoms with Gasteiger partial charge in [-0.25, -0.2) is 0 Å². The molecule has 1 atom stereocenters. The van der Waals surface area contributed by atoms with Gasteiger partial charge in [0.1, 0.15) is 6.10 Å². The summed E-state index contributed by atoms with van der Waals surface area (Å²) >= 11 is 5.23. The van der Waals surface area contributed by atoms with Gasteiger partial charge in [-0.2, -0.15) is 14.9 Å². The van der Waals surface area contributed by atoms with Gasteiger partial charge < -0.3 is 4.74 Å². The number of aromatic amines is 1. The van der Waals surface area contributed by atoms with Crippen LogP contribution in [0.25, 0.3) is 0 Å². The first kappa shape index (κ1) is 13.2. The van der Waals surface area contributed by atoms with Gasteiger partial charge in [0.15, 0.2) is 5.82 Å². The minimum absolute atomic E-state index is 0.0167. The average molecular weight is 288 g/mol. The highest BCUT2D eigenvalue weighted by molar-refractivity contribution is 7.71. The third-order valence-electron chi connectivity index (χ3n) is 3.39. The fourth-order valence-corrected chi connectivity index (χ4v) is 2.44. The molecular weight excluding hydrogens is 272 g/mol. The molecule has 1 aliphatic heterocycles.